The lowest BCUT2D eigenvalue weighted by Gasteiger charge is -2.15. The van der Waals surface area contributed by atoms with Crippen LogP contribution in [-0.4, -0.2) is 29.2 Å². The minimum absolute atomic E-state index is 0.0559. The van der Waals surface area contributed by atoms with Gasteiger partial charge in [0.1, 0.15) is 23.7 Å². The van der Waals surface area contributed by atoms with Gasteiger partial charge >= 0.3 is 5.97 Å². The molecular weight excluding hydrogens is 356 g/mol. The van der Waals surface area contributed by atoms with Gasteiger partial charge in [0.05, 0.1) is 30.2 Å². The van der Waals surface area contributed by atoms with E-state index in [-0.39, 0.29) is 6.10 Å². The van der Waals surface area contributed by atoms with Crippen LogP contribution in [0.3, 0.4) is 0 Å². The number of anilines is 4. The van der Waals surface area contributed by atoms with E-state index >= 15 is 0 Å². The first-order valence-electron chi connectivity index (χ1n) is 8.86. The summed E-state index contributed by atoms with van der Waals surface area (Å²) in [6.07, 6.45) is 1.50. The number of methoxy groups -OCH3 is 1. The van der Waals surface area contributed by atoms with Crippen molar-refractivity contribution in [1.82, 2.24) is 9.97 Å². The Kier molecular flexibility index (Phi) is 6.06. The molecule has 3 rings (SSSR count). The van der Waals surface area contributed by atoms with Gasteiger partial charge in [-0.1, -0.05) is 24.3 Å². The van der Waals surface area contributed by atoms with Crippen LogP contribution in [0.4, 0.5) is 23.0 Å². The van der Waals surface area contributed by atoms with E-state index < -0.39 is 5.97 Å². The van der Waals surface area contributed by atoms with E-state index in [1.54, 1.807) is 24.3 Å². The highest BCUT2D eigenvalue weighted by atomic mass is 16.5. The van der Waals surface area contributed by atoms with E-state index in [4.69, 9.17) is 9.47 Å². The van der Waals surface area contributed by atoms with Gasteiger partial charge in [-0.2, -0.15) is 0 Å². The second-order valence-electron chi connectivity index (χ2n) is 6.24. The average Bonchev–Trinajstić information content (AvgIpc) is 2.69. The number of hydrogen-bond donors (Lipinski definition) is 2. The number of rotatable bonds is 7. The van der Waals surface area contributed by atoms with Crippen molar-refractivity contribution in [3.8, 4) is 5.75 Å². The van der Waals surface area contributed by atoms with Crippen molar-refractivity contribution in [2.75, 3.05) is 17.7 Å². The number of carbonyl (C=O) groups is 1. The van der Waals surface area contributed by atoms with Gasteiger partial charge in [-0.05, 0) is 38.1 Å². The van der Waals surface area contributed by atoms with E-state index in [1.807, 2.05) is 44.2 Å². The highest BCUT2D eigenvalue weighted by Crippen LogP contribution is 2.28. The average molecular weight is 378 g/mol. The van der Waals surface area contributed by atoms with Crippen LogP contribution in [0.25, 0.3) is 0 Å². The maximum Gasteiger partial charge on any atom is 0.339 e. The minimum Gasteiger partial charge on any atom is -0.489 e. The highest BCUT2D eigenvalue weighted by molar-refractivity contribution is 5.96. The number of nitrogens with one attached hydrogen (secondary N) is 2. The highest BCUT2D eigenvalue weighted by Gasteiger charge is 2.12. The zero-order valence-electron chi connectivity index (χ0n) is 16.0. The fourth-order valence-corrected chi connectivity index (χ4v) is 2.58. The molecule has 1 heterocycles. The van der Waals surface area contributed by atoms with Gasteiger partial charge in [0.2, 0.25) is 0 Å². The van der Waals surface area contributed by atoms with Gasteiger partial charge in [-0.3, -0.25) is 0 Å². The molecule has 0 aliphatic rings. The quantitative estimate of drug-likeness (QED) is 0.584. The van der Waals surface area contributed by atoms with Crippen molar-refractivity contribution < 1.29 is 14.3 Å². The van der Waals surface area contributed by atoms with E-state index in [0.717, 1.165) is 11.4 Å². The van der Waals surface area contributed by atoms with Gasteiger partial charge in [0, 0.05) is 6.07 Å². The molecule has 0 bridgehead atoms. The molecule has 28 heavy (non-hydrogen) atoms. The summed E-state index contributed by atoms with van der Waals surface area (Å²) in [6, 6.07) is 16.5. The number of ether oxygens (including phenoxy) is 2. The van der Waals surface area contributed by atoms with Crippen LogP contribution < -0.4 is 15.4 Å². The zero-order chi connectivity index (χ0) is 19.9. The first kappa shape index (κ1) is 19.2. The van der Waals surface area contributed by atoms with Crippen LogP contribution >= 0.6 is 0 Å². The summed E-state index contributed by atoms with van der Waals surface area (Å²) in [5, 5.41) is 6.38. The normalized spacial score (nSPS) is 10.4. The van der Waals surface area contributed by atoms with Gasteiger partial charge in [-0.25, -0.2) is 14.8 Å². The van der Waals surface area contributed by atoms with E-state index in [9.17, 15) is 4.79 Å². The summed E-state index contributed by atoms with van der Waals surface area (Å²) in [4.78, 5) is 20.4. The maximum absolute atomic E-state index is 11.9. The molecule has 2 N–H and O–H groups in total. The van der Waals surface area contributed by atoms with Crippen LogP contribution in [0, 0.1) is 0 Å². The molecule has 0 fully saturated rings. The Balaban J connectivity index is 1.82. The number of esters is 1. The fraction of sp³-hybridized carbons (Fsp3) is 0.190. The van der Waals surface area contributed by atoms with Crippen molar-refractivity contribution >= 4 is 29.0 Å². The number of para-hydroxylation sites is 3. The summed E-state index contributed by atoms with van der Waals surface area (Å²) in [5.74, 6) is 1.45. The molecule has 0 spiro atoms. The molecule has 0 atom stereocenters. The van der Waals surface area contributed by atoms with Gasteiger partial charge in [-0.15, -0.1) is 0 Å². The Labute approximate surface area is 163 Å². The van der Waals surface area contributed by atoms with Crippen LogP contribution in [0.2, 0.25) is 0 Å². The number of carbonyl (C=O) groups excluding carboxylic acids is 1. The number of aromatic nitrogens is 2. The van der Waals surface area contributed by atoms with Crippen LogP contribution in [-0.2, 0) is 4.74 Å². The van der Waals surface area contributed by atoms with Crippen LogP contribution in [0.1, 0.15) is 24.2 Å². The molecule has 1 aromatic heterocycles. The Morgan fingerprint density at radius 3 is 2.21 bits per heavy atom. The van der Waals surface area contributed by atoms with Gasteiger partial charge in [0.15, 0.2) is 0 Å². The van der Waals surface area contributed by atoms with Crippen molar-refractivity contribution in [1.29, 1.82) is 0 Å². The summed E-state index contributed by atoms with van der Waals surface area (Å²) in [5.41, 5.74) is 1.83. The largest absolute Gasteiger partial charge is 0.489 e. The van der Waals surface area contributed by atoms with Crippen molar-refractivity contribution in [2.24, 2.45) is 0 Å². The second-order valence-corrected chi connectivity index (χ2v) is 6.24. The lowest BCUT2D eigenvalue weighted by molar-refractivity contribution is 0.0602. The van der Waals surface area contributed by atoms with Crippen LogP contribution in [0.5, 0.6) is 5.75 Å². The van der Waals surface area contributed by atoms with Gasteiger partial charge < -0.3 is 20.1 Å². The Bertz CT molecular complexity index is 960. The predicted molar refractivity (Wildman–Crippen MR) is 109 cm³/mol. The third-order valence-corrected chi connectivity index (χ3v) is 3.77. The predicted octanol–water partition coefficient (Wildman–Crippen LogP) is 4.54. The summed E-state index contributed by atoms with van der Waals surface area (Å²) >= 11 is 0. The molecule has 0 aliphatic heterocycles. The monoisotopic (exact) mass is 378 g/mol. The number of benzene rings is 2. The molecule has 3 aromatic rings. The molecular formula is C21H22N4O3. The molecule has 2 aromatic carbocycles. The fourth-order valence-electron chi connectivity index (χ4n) is 2.58. The zero-order valence-corrected chi connectivity index (χ0v) is 16.0. The molecule has 7 heteroatoms. The Hall–Kier alpha value is -3.61. The van der Waals surface area contributed by atoms with E-state index in [2.05, 4.69) is 20.6 Å². The van der Waals surface area contributed by atoms with Crippen molar-refractivity contribution in [2.45, 2.75) is 20.0 Å². The molecule has 0 aliphatic carbocycles. The molecule has 144 valence electrons. The summed E-state index contributed by atoms with van der Waals surface area (Å²) in [7, 11) is 1.35. The Morgan fingerprint density at radius 1 is 0.929 bits per heavy atom. The third-order valence-electron chi connectivity index (χ3n) is 3.77. The van der Waals surface area contributed by atoms with Crippen LogP contribution in [0.15, 0.2) is 60.9 Å². The standard InChI is InChI=1S/C21H22N4O3/c1-14(2)28-18-11-7-6-10-17(18)25-20-12-19(22-13-23-20)24-16-9-5-4-8-15(16)21(26)27-3/h4-14H,1-3H3,(H2,22,23,24,25). The molecule has 0 unspecified atom stereocenters. The molecule has 0 radical (unpaired) electrons. The SMILES string of the molecule is COC(=O)c1ccccc1Nc1cc(Nc2ccccc2OC(C)C)ncn1. The smallest absolute Gasteiger partial charge is 0.339 e. The molecule has 0 saturated carbocycles. The second kappa shape index (κ2) is 8.85. The van der Waals surface area contributed by atoms with Crippen molar-refractivity contribution in [3.63, 3.8) is 0 Å². The number of hydrogen-bond acceptors (Lipinski definition) is 7. The van der Waals surface area contributed by atoms with E-state index in [0.29, 0.717) is 22.9 Å². The maximum atomic E-state index is 11.9. The van der Waals surface area contributed by atoms with Gasteiger partial charge in [0.25, 0.3) is 0 Å². The lowest BCUT2D eigenvalue weighted by Crippen LogP contribution is -2.08. The number of nitrogens with zero attached hydrogens (tertiary/aromatic N) is 2. The van der Waals surface area contributed by atoms with Crippen molar-refractivity contribution in [3.05, 3.63) is 66.5 Å². The first-order valence-corrected chi connectivity index (χ1v) is 8.86. The third kappa shape index (κ3) is 4.76. The van der Waals surface area contributed by atoms with E-state index in [1.165, 1.54) is 13.4 Å². The molecule has 0 amide bonds. The minimum atomic E-state index is -0.421. The molecule has 0 saturated heterocycles. The Morgan fingerprint density at radius 2 is 1.54 bits per heavy atom. The summed E-state index contributed by atoms with van der Waals surface area (Å²) < 4.78 is 10.6. The molecule has 7 nitrogen and oxygen atoms in total. The first-order chi connectivity index (χ1) is 13.6. The summed E-state index contributed by atoms with van der Waals surface area (Å²) in [6.45, 7) is 3.95. The topological polar surface area (TPSA) is 85.4 Å². The lowest BCUT2D eigenvalue weighted by atomic mass is 10.2.